The average molecular weight is 499 g/mol. The molecule has 1 amide bonds. The van der Waals surface area contributed by atoms with Crippen LogP contribution in [0.25, 0.3) is 16.3 Å². The fraction of sp³-hybridized carbons (Fsp3) is 0.276. The summed E-state index contributed by atoms with van der Waals surface area (Å²) in [6, 6.07) is 21.8. The third-order valence-electron chi connectivity index (χ3n) is 6.75. The summed E-state index contributed by atoms with van der Waals surface area (Å²) >= 11 is 1.65. The lowest BCUT2D eigenvalue weighted by Gasteiger charge is -2.25. The number of thiophene rings is 1. The van der Waals surface area contributed by atoms with Crippen molar-refractivity contribution in [3.8, 4) is 22.0 Å². The first-order valence-electron chi connectivity index (χ1n) is 12.4. The van der Waals surface area contributed by atoms with Crippen LogP contribution in [0.5, 0.6) is 5.75 Å². The lowest BCUT2D eigenvalue weighted by molar-refractivity contribution is -0.137. The van der Waals surface area contributed by atoms with Crippen LogP contribution < -0.4 is 4.74 Å². The second-order valence-electron chi connectivity index (χ2n) is 8.89. The molecule has 0 spiro atoms. The monoisotopic (exact) mass is 498 g/mol. The lowest BCUT2D eigenvalue weighted by atomic mass is 9.96. The first-order chi connectivity index (χ1) is 17.6. The third kappa shape index (κ3) is 4.58. The molecule has 2 aromatic heterocycles. The van der Waals surface area contributed by atoms with Crippen LogP contribution in [0, 0.1) is 5.92 Å². The van der Waals surface area contributed by atoms with E-state index < -0.39 is 0 Å². The Morgan fingerprint density at radius 1 is 1.08 bits per heavy atom. The fourth-order valence-corrected chi connectivity index (χ4v) is 5.44. The molecule has 5 rings (SSSR count). The van der Waals surface area contributed by atoms with Gasteiger partial charge in [-0.15, -0.1) is 11.3 Å². The highest BCUT2D eigenvalue weighted by Crippen LogP contribution is 2.40. The van der Waals surface area contributed by atoms with Gasteiger partial charge >= 0.3 is 0 Å². The van der Waals surface area contributed by atoms with E-state index in [0.717, 1.165) is 51.7 Å². The van der Waals surface area contributed by atoms with Gasteiger partial charge in [0.05, 0.1) is 29.4 Å². The van der Waals surface area contributed by atoms with Crippen LogP contribution in [-0.4, -0.2) is 33.5 Å². The lowest BCUT2D eigenvalue weighted by Crippen LogP contribution is -2.32. The molecule has 1 atom stereocenters. The van der Waals surface area contributed by atoms with Crippen LogP contribution in [-0.2, 0) is 4.79 Å². The van der Waals surface area contributed by atoms with Gasteiger partial charge in [-0.05, 0) is 48.6 Å². The zero-order valence-corrected chi connectivity index (χ0v) is 21.6. The van der Waals surface area contributed by atoms with E-state index in [1.54, 1.807) is 23.5 Å². The van der Waals surface area contributed by atoms with Crippen molar-refractivity contribution in [2.24, 2.45) is 11.0 Å². The highest BCUT2D eigenvalue weighted by molar-refractivity contribution is 7.13. The summed E-state index contributed by atoms with van der Waals surface area (Å²) in [7, 11) is 1.66. The summed E-state index contributed by atoms with van der Waals surface area (Å²) in [6.07, 6.45) is 4.23. The number of methoxy groups -OCH3 is 1. The number of aromatic nitrogens is 2. The van der Waals surface area contributed by atoms with E-state index in [-0.39, 0.29) is 17.9 Å². The number of carbonyl (C=O) groups excluding carboxylic acids is 1. The Bertz CT molecular complexity index is 1360. The SMILES string of the molecule is CCC(CC)C(=O)N1N=C(c2cccc(OC)c2)C[C@@H]1c1cn(-c2ccccc2)nc1-c1cccs1. The maximum atomic E-state index is 13.7. The van der Waals surface area contributed by atoms with E-state index in [0.29, 0.717) is 6.42 Å². The van der Waals surface area contributed by atoms with Gasteiger partial charge in [0, 0.05) is 29.7 Å². The molecule has 1 aliphatic heterocycles. The smallest absolute Gasteiger partial charge is 0.246 e. The number of amides is 1. The van der Waals surface area contributed by atoms with E-state index in [4.69, 9.17) is 14.9 Å². The van der Waals surface area contributed by atoms with E-state index in [1.807, 2.05) is 65.3 Å². The molecule has 0 saturated heterocycles. The number of hydrogen-bond donors (Lipinski definition) is 0. The second kappa shape index (κ2) is 10.5. The van der Waals surface area contributed by atoms with Crippen molar-refractivity contribution in [1.29, 1.82) is 0 Å². The van der Waals surface area contributed by atoms with Crippen LogP contribution in [0.1, 0.15) is 50.3 Å². The van der Waals surface area contributed by atoms with Gasteiger partial charge in [-0.25, -0.2) is 9.69 Å². The van der Waals surface area contributed by atoms with Gasteiger partial charge in [0.15, 0.2) is 0 Å². The number of benzene rings is 2. The standard InChI is InChI=1S/C29H30N4O2S/c1-4-20(5-2)29(34)33-26(18-25(30-33)21-11-9-14-23(17-21)35-3)24-19-32(22-12-7-6-8-13-22)31-28(24)27-15-10-16-36-27/h6-17,19-20,26H,4-5,18H2,1-3H3/t26-/m1/s1. The van der Waals surface area contributed by atoms with Gasteiger partial charge in [0.25, 0.3) is 0 Å². The van der Waals surface area contributed by atoms with Gasteiger partial charge in [-0.1, -0.05) is 50.2 Å². The fourth-order valence-electron chi connectivity index (χ4n) is 4.71. The minimum Gasteiger partial charge on any atom is -0.497 e. The average Bonchev–Trinajstić information content (AvgIpc) is 3.69. The van der Waals surface area contributed by atoms with E-state index in [9.17, 15) is 4.79 Å². The number of rotatable bonds is 8. The Labute approximate surface area is 215 Å². The molecule has 0 fully saturated rings. The Hall–Kier alpha value is -3.71. The molecule has 184 valence electrons. The molecule has 0 N–H and O–H groups in total. The normalized spacial score (nSPS) is 15.4. The number of hydrazone groups is 1. The van der Waals surface area contributed by atoms with E-state index >= 15 is 0 Å². The summed E-state index contributed by atoms with van der Waals surface area (Å²) < 4.78 is 7.36. The highest BCUT2D eigenvalue weighted by atomic mass is 32.1. The molecule has 1 aliphatic rings. The largest absolute Gasteiger partial charge is 0.497 e. The molecule has 0 saturated carbocycles. The molecule has 0 unspecified atom stereocenters. The van der Waals surface area contributed by atoms with Crippen molar-refractivity contribution in [1.82, 2.24) is 14.8 Å². The van der Waals surface area contributed by atoms with Crippen LogP contribution >= 0.6 is 11.3 Å². The summed E-state index contributed by atoms with van der Waals surface area (Å²) in [6.45, 7) is 4.13. The van der Waals surface area contributed by atoms with Crippen molar-refractivity contribution in [2.45, 2.75) is 39.2 Å². The summed E-state index contributed by atoms with van der Waals surface area (Å²) in [5, 5.41) is 13.7. The van der Waals surface area contributed by atoms with Crippen LogP contribution in [0.2, 0.25) is 0 Å². The van der Waals surface area contributed by atoms with Crippen molar-refractivity contribution in [3.63, 3.8) is 0 Å². The predicted molar refractivity (Wildman–Crippen MR) is 145 cm³/mol. The topological polar surface area (TPSA) is 59.7 Å². The Balaban J connectivity index is 1.62. The van der Waals surface area contributed by atoms with E-state index in [2.05, 4.69) is 31.5 Å². The molecule has 0 radical (unpaired) electrons. The maximum absolute atomic E-state index is 13.7. The van der Waals surface area contributed by atoms with Gasteiger partial charge in [-0.2, -0.15) is 10.2 Å². The van der Waals surface area contributed by atoms with Gasteiger partial charge in [0.1, 0.15) is 11.4 Å². The molecule has 3 heterocycles. The molecule has 0 aliphatic carbocycles. The third-order valence-corrected chi connectivity index (χ3v) is 7.63. The number of hydrogen-bond acceptors (Lipinski definition) is 5. The van der Waals surface area contributed by atoms with Crippen molar-refractivity contribution >= 4 is 23.0 Å². The second-order valence-corrected chi connectivity index (χ2v) is 9.83. The van der Waals surface area contributed by atoms with E-state index in [1.165, 1.54) is 0 Å². The van der Waals surface area contributed by atoms with Gasteiger partial charge in [-0.3, -0.25) is 4.79 Å². The zero-order chi connectivity index (χ0) is 25.1. The minimum absolute atomic E-state index is 0.0625. The van der Waals surface area contributed by atoms with Crippen molar-refractivity contribution in [2.75, 3.05) is 7.11 Å². The first kappa shape index (κ1) is 24.0. The van der Waals surface area contributed by atoms with Crippen LogP contribution in [0.15, 0.2) is 83.4 Å². The van der Waals surface area contributed by atoms with Gasteiger partial charge in [0.2, 0.25) is 5.91 Å². The number of nitrogens with zero attached hydrogens (tertiary/aromatic N) is 4. The molecular weight excluding hydrogens is 468 g/mol. The molecule has 4 aromatic rings. The van der Waals surface area contributed by atoms with Crippen molar-refractivity contribution in [3.05, 3.63) is 89.4 Å². The number of carbonyl (C=O) groups is 1. The Morgan fingerprint density at radius 3 is 2.58 bits per heavy atom. The Morgan fingerprint density at radius 2 is 1.89 bits per heavy atom. The van der Waals surface area contributed by atoms with Crippen molar-refractivity contribution < 1.29 is 9.53 Å². The molecular formula is C29H30N4O2S. The van der Waals surface area contributed by atoms with Gasteiger partial charge < -0.3 is 4.74 Å². The number of para-hydroxylation sites is 1. The first-order valence-corrected chi connectivity index (χ1v) is 13.2. The summed E-state index contributed by atoms with van der Waals surface area (Å²) in [4.78, 5) is 14.8. The molecule has 2 aromatic carbocycles. The summed E-state index contributed by atoms with van der Waals surface area (Å²) in [5.74, 6) is 0.760. The highest BCUT2D eigenvalue weighted by Gasteiger charge is 2.38. The molecule has 7 heteroatoms. The Kier molecular flexibility index (Phi) is 7.00. The minimum atomic E-state index is -0.242. The predicted octanol–water partition coefficient (Wildman–Crippen LogP) is 6.72. The zero-order valence-electron chi connectivity index (χ0n) is 20.8. The maximum Gasteiger partial charge on any atom is 0.246 e. The number of ether oxygens (including phenoxy) is 1. The molecule has 36 heavy (non-hydrogen) atoms. The van der Waals surface area contributed by atoms with Crippen LogP contribution in [0.3, 0.4) is 0 Å². The van der Waals surface area contributed by atoms with Crippen LogP contribution in [0.4, 0.5) is 0 Å². The quantitative estimate of drug-likeness (QED) is 0.271. The molecule has 0 bridgehead atoms. The summed E-state index contributed by atoms with van der Waals surface area (Å²) in [5.41, 5.74) is 4.71. The molecule has 6 nitrogen and oxygen atoms in total.